The van der Waals surface area contributed by atoms with Crippen molar-refractivity contribution in [2.24, 2.45) is 11.7 Å². The number of nitrogens with one attached hydrogen (secondary N) is 1. The summed E-state index contributed by atoms with van der Waals surface area (Å²) in [5.74, 6) is -4.69. The molecule has 3 aromatic rings. The molecular weight excluding hydrogens is 544 g/mol. The number of aliphatic carboxylic acids is 2. The van der Waals surface area contributed by atoms with Crippen LogP contribution >= 0.6 is 11.3 Å². The normalized spacial score (nSPS) is 12.3. The molecule has 41 heavy (non-hydrogen) atoms. The number of ketones is 1. The number of hydrogen-bond donors (Lipinski definition) is 4. The molecule has 5 N–H and O–H groups in total. The number of carboxylic acid groups (broad SMARTS) is 2. The fraction of sp³-hybridized carbons (Fsp3) is 0.323. The third kappa shape index (κ3) is 10.3. The SMILES string of the molecule is NC(=O)[C@H](CCCC(=O)O)CC(=O)[C@H](CCC(=O)O)NC(=O)CCc1ccc(-c2cc(-c3ccccc3)cs2)cc1. The van der Waals surface area contributed by atoms with E-state index in [1.807, 2.05) is 42.5 Å². The average Bonchev–Trinajstić information content (AvgIpc) is 3.44. The number of carboxylic acids is 2. The van der Waals surface area contributed by atoms with Gasteiger partial charge in [-0.1, -0.05) is 54.6 Å². The highest BCUT2D eigenvalue weighted by Gasteiger charge is 2.27. The molecule has 0 saturated carbocycles. The Morgan fingerprint density at radius 3 is 2.12 bits per heavy atom. The Labute approximate surface area is 242 Å². The second-order valence-electron chi connectivity index (χ2n) is 9.87. The Hall–Kier alpha value is -4.31. The molecule has 0 radical (unpaired) electrons. The molecule has 0 aliphatic rings. The molecule has 3 rings (SSSR count). The van der Waals surface area contributed by atoms with E-state index in [1.165, 1.54) is 0 Å². The van der Waals surface area contributed by atoms with Gasteiger partial charge in [0.15, 0.2) is 5.78 Å². The minimum Gasteiger partial charge on any atom is -0.481 e. The molecule has 2 amide bonds. The van der Waals surface area contributed by atoms with Crippen molar-refractivity contribution in [1.29, 1.82) is 0 Å². The van der Waals surface area contributed by atoms with Crippen molar-refractivity contribution in [3.8, 4) is 21.6 Å². The highest BCUT2D eigenvalue weighted by molar-refractivity contribution is 7.14. The Morgan fingerprint density at radius 1 is 0.805 bits per heavy atom. The second kappa shape index (κ2) is 15.5. The largest absolute Gasteiger partial charge is 0.481 e. The number of hydrogen-bond acceptors (Lipinski definition) is 6. The number of carbonyl (C=O) groups excluding carboxylic acids is 3. The highest BCUT2D eigenvalue weighted by atomic mass is 32.1. The van der Waals surface area contributed by atoms with Gasteiger partial charge in [-0.2, -0.15) is 0 Å². The van der Waals surface area contributed by atoms with E-state index in [0.717, 1.165) is 27.1 Å². The quantitative estimate of drug-likeness (QED) is 0.181. The Bertz CT molecular complexity index is 1350. The van der Waals surface area contributed by atoms with Crippen LogP contribution in [0.15, 0.2) is 66.0 Å². The summed E-state index contributed by atoms with van der Waals surface area (Å²) in [6.45, 7) is 0. The lowest BCUT2D eigenvalue weighted by Gasteiger charge is -2.20. The molecule has 10 heteroatoms. The molecule has 0 aliphatic heterocycles. The lowest BCUT2D eigenvalue weighted by molar-refractivity contribution is -0.138. The summed E-state index contributed by atoms with van der Waals surface area (Å²) in [7, 11) is 0. The molecule has 216 valence electrons. The van der Waals surface area contributed by atoms with Crippen LogP contribution in [0.25, 0.3) is 21.6 Å². The average molecular weight is 579 g/mol. The molecule has 0 fully saturated rings. The molecule has 0 bridgehead atoms. The first-order valence-corrected chi connectivity index (χ1v) is 14.3. The topological polar surface area (TPSA) is 164 Å². The van der Waals surface area contributed by atoms with Crippen LogP contribution in [0.5, 0.6) is 0 Å². The number of amides is 2. The third-order valence-corrected chi connectivity index (χ3v) is 7.73. The van der Waals surface area contributed by atoms with Gasteiger partial charge in [-0.25, -0.2) is 0 Å². The van der Waals surface area contributed by atoms with Crippen molar-refractivity contribution in [3.63, 3.8) is 0 Å². The number of primary amides is 1. The van der Waals surface area contributed by atoms with E-state index < -0.39 is 41.5 Å². The van der Waals surface area contributed by atoms with Crippen LogP contribution in [0, 0.1) is 5.92 Å². The predicted molar refractivity (Wildman–Crippen MR) is 156 cm³/mol. The Morgan fingerprint density at radius 2 is 1.49 bits per heavy atom. The van der Waals surface area contributed by atoms with Gasteiger partial charge in [-0.15, -0.1) is 11.3 Å². The van der Waals surface area contributed by atoms with Crippen LogP contribution < -0.4 is 11.1 Å². The third-order valence-electron chi connectivity index (χ3n) is 6.75. The van der Waals surface area contributed by atoms with Crippen molar-refractivity contribution in [3.05, 3.63) is 71.6 Å². The Kier molecular flexibility index (Phi) is 11.8. The van der Waals surface area contributed by atoms with Crippen LogP contribution in [0.1, 0.15) is 50.5 Å². The van der Waals surface area contributed by atoms with Gasteiger partial charge in [-0.3, -0.25) is 24.0 Å². The maximum Gasteiger partial charge on any atom is 0.303 e. The van der Waals surface area contributed by atoms with Gasteiger partial charge in [0.25, 0.3) is 0 Å². The number of rotatable bonds is 17. The van der Waals surface area contributed by atoms with Gasteiger partial charge < -0.3 is 21.3 Å². The van der Waals surface area contributed by atoms with E-state index in [0.29, 0.717) is 6.42 Å². The molecule has 0 aliphatic carbocycles. The smallest absolute Gasteiger partial charge is 0.303 e. The Balaban J connectivity index is 1.56. The number of aryl methyl sites for hydroxylation is 1. The first-order chi connectivity index (χ1) is 19.6. The first-order valence-electron chi connectivity index (χ1n) is 13.4. The van der Waals surface area contributed by atoms with Crippen LogP contribution in [-0.2, 0) is 30.4 Å². The fourth-order valence-electron chi connectivity index (χ4n) is 4.44. The van der Waals surface area contributed by atoms with Crippen molar-refractivity contribution < 1.29 is 34.2 Å². The van der Waals surface area contributed by atoms with E-state index in [-0.39, 0.29) is 44.9 Å². The number of Topliss-reactive ketones (excluding diaryl/α,β-unsaturated/α-hetero) is 1. The van der Waals surface area contributed by atoms with Crippen LogP contribution in [0.2, 0.25) is 0 Å². The zero-order chi connectivity index (χ0) is 29.8. The van der Waals surface area contributed by atoms with Gasteiger partial charge in [0, 0.05) is 36.5 Å². The predicted octanol–water partition coefficient (Wildman–Crippen LogP) is 4.68. The number of carbonyl (C=O) groups is 5. The molecule has 0 spiro atoms. The van der Waals surface area contributed by atoms with Gasteiger partial charge in [-0.05, 0) is 59.4 Å². The summed E-state index contributed by atoms with van der Waals surface area (Å²) < 4.78 is 0. The zero-order valence-electron chi connectivity index (χ0n) is 22.6. The van der Waals surface area contributed by atoms with Gasteiger partial charge in [0.1, 0.15) is 0 Å². The van der Waals surface area contributed by atoms with E-state index in [9.17, 15) is 24.0 Å². The lowest BCUT2D eigenvalue weighted by atomic mass is 9.91. The van der Waals surface area contributed by atoms with E-state index in [4.69, 9.17) is 15.9 Å². The maximum absolute atomic E-state index is 12.9. The van der Waals surface area contributed by atoms with E-state index in [2.05, 4.69) is 28.9 Å². The first kappa shape index (κ1) is 31.2. The molecule has 0 saturated heterocycles. The summed E-state index contributed by atoms with van der Waals surface area (Å²) in [5.41, 5.74) is 9.70. The van der Waals surface area contributed by atoms with Gasteiger partial charge >= 0.3 is 11.9 Å². The van der Waals surface area contributed by atoms with Crippen molar-refractivity contribution in [2.75, 3.05) is 0 Å². The maximum atomic E-state index is 12.9. The highest BCUT2D eigenvalue weighted by Crippen LogP contribution is 2.32. The number of thiophene rings is 1. The van der Waals surface area contributed by atoms with Crippen LogP contribution in [0.3, 0.4) is 0 Å². The summed E-state index contributed by atoms with van der Waals surface area (Å²) in [5, 5.41) is 22.6. The molecule has 0 unspecified atom stereocenters. The van der Waals surface area contributed by atoms with E-state index in [1.54, 1.807) is 11.3 Å². The van der Waals surface area contributed by atoms with Crippen LogP contribution in [-0.4, -0.2) is 45.8 Å². The monoisotopic (exact) mass is 578 g/mol. The van der Waals surface area contributed by atoms with Gasteiger partial charge in [0.2, 0.25) is 11.8 Å². The molecule has 2 aromatic carbocycles. The van der Waals surface area contributed by atoms with Crippen molar-refractivity contribution >= 4 is 40.9 Å². The fourth-order valence-corrected chi connectivity index (χ4v) is 5.37. The number of benzene rings is 2. The van der Waals surface area contributed by atoms with Crippen molar-refractivity contribution in [1.82, 2.24) is 5.32 Å². The summed E-state index contributed by atoms with van der Waals surface area (Å²) >= 11 is 1.66. The molecule has 2 atom stereocenters. The number of nitrogens with two attached hydrogens (primary N) is 1. The molecule has 1 heterocycles. The van der Waals surface area contributed by atoms with Crippen LogP contribution in [0.4, 0.5) is 0 Å². The molecular formula is C31H34N2O7S. The minimum absolute atomic E-state index is 0.0885. The molecule has 1 aromatic heterocycles. The second-order valence-corrected chi connectivity index (χ2v) is 10.8. The van der Waals surface area contributed by atoms with Gasteiger partial charge in [0.05, 0.1) is 6.04 Å². The van der Waals surface area contributed by atoms with Crippen molar-refractivity contribution in [2.45, 2.75) is 57.4 Å². The zero-order valence-corrected chi connectivity index (χ0v) is 23.4. The molecule has 9 nitrogen and oxygen atoms in total. The lowest BCUT2D eigenvalue weighted by Crippen LogP contribution is -2.42. The summed E-state index contributed by atoms with van der Waals surface area (Å²) in [6.07, 6.45) is -0.135. The summed E-state index contributed by atoms with van der Waals surface area (Å²) in [4.78, 5) is 60.4. The minimum atomic E-state index is -1.12. The summed E-state index contributed by atoms with van der Waals surface area (Å²) in [6, 6.07) is 19.1. The van der Waals surface area contributed by atoms with E-state index >= 15 is 0 Å². The standard InChI is InChI=1S/C31H34N2O7S/c32-31(40)23(7-4-8-29(36)37)17-26(34)25(14-16-30(38)39)33-28(35)15-11-20-9-12-22(13-10-20)27-18-24(19-41-27)21-5-2-1-3-6-21/h1-3,5-6,9-10,12-13,18-19,23,25H,4,7-8,11,14-17H2,(H2,32,40)(H,33,35)(H,36,37)(H,38,39)/t23-,25+/m1/s1.